The van der Waals surface area contributed by atoms with Crippen LogP contribution in [0.15, 0.2) is 59.6 Å². The number of phenols is 1. The predicted molar refractivity (Wildman–Crippen MR) is 348 cm³/mol. The highest BCUT2D eigenvalue weighted by molar-refractivity contribution is 6.00. The Kier molecular flexibility index (Phi) is 36.5. The average molecular weight is 1380 g/mol. The second-order valence-electron chi connectivity index (χ2n) is 23.5. The Balaban J connectivity index is 2.44. The van der Waals surface area contributed by atoms with Crippen LogP contribution in [-0.4, -0.2) is 206 Å². The number of carboxylic acids is 3. The lowest BCUT2D eigenvalue weighted by Crippen LogP contribution is -2.62. The molecule has 0 aliphatic rings. The lowest BCUT2D eigenvalue weighted by molar-refractivity contribution is -0.147. The smallest absolute Gasteiger partial charge is 0.326 e. The highest BCUT2D eigenvalue weighted by Crippen LogP contribution is 2.14. The standard InChI is InChI=1S/C61H93N17O20/c1-30(2)25-41(74-57(94)42(27-33-11-6-5-7-12-33)75-53(90)38(14-10-24-68-61(66)67)71-51(88)36(63)26-34-15-17-35(80)18-16-34)56(93)69-31(3)50(87)70-37(13-8-9-23-62)52(89)72-40(20-22-47(83)84)54(91)76-43(28-46(65)82)58(95)78-49(32(4)79)59(96)73-39(19-21-45(64)81)55(92)77-44(60(97)98)29-48(85)86/h5-7,11-12,15-18,30-32,36-44,49,79-80H,8-10,13-14,19-29,62-63H2,1-4H3,(H2,64,81)(H2,65,82)(H,69,93)(H,70,87)(H,71,88)(H,72,89)(H,73,96)(H,74,94)(H,75,90)(H,76,91)(H,77,92)(H,78,95)(H,83,84)(H,85,86)(H,97,98)(H4,66,67,68)/t31-,32+,36-,37-,38-,39-,40-,41-,42-,43-,44-,49-/m0/s1. The number of rotatable bonds is 46. The molecule has 27 N–H and O–H groups in total. The molecule has 2 aromatic rings. The number of hydrogen-bond acceptors (Lipinski definition) is 20. The van der Waals surface area contributed by atoms with Crippen LogP contribution in [0.1, 0.15) is 116 Å². The Hall–Kier alpha value is -10.6. The van der Waals surface area contributed by atoms with Crippen molar-refractivity contribution < 1.29 is 97.5 Å². The fourth-order valence-electron chi connectivity index (χ4n) is 9.39. The van der Waals surface area contributed by atoms with Crippen molar-refractivity contribution in [2.75, 3.05) is 13.1 Å². The minimum absolute atomic E-state index is 0.00830. The van der Waals surface area contributed by atoms with Crippen LogP contribution in [0.3, 0.4) is 0 Å². The first-order chi connectivity index (χ1) is 46.0. The van der Waals surface area contributed by atoms with E-state index in [1.807, 2.05) is 5.32 Å². The lowest BCUT2D eigenvalue weighted by atomic mass is 10.00. The van der Waals surface area contributed by atoms with Gasteiger partial charge in [-0.1, -0.05) is 56.3 Å². The van der Waals surface area contributed by atoms with Gasteiger partial charge in [0.05, 0.1) is 25.0 Å². The molecule has 0 fully saturated rings. The maximum atomic E-state index is 14.5. The second-order valence-corrected chi connectivity index (χ2v) is 23.5. The number of carboxylic acid groups (broad SMARTS) is 3. The first-order valence-electron chi connectivity index (χ1n) is 31.3. The largest absolute Gasteiger partial charge is 0.508 e. The lowest BCUT2D eigenvalue weighted by Gasteiger charge is -2.28. The van der Waals surface area contributed by atoms with Crippen LogP contribution in [0.5, 0.6) is 5.75 Å². The van der Waals surface area contributed by atoms with Crippen LogP contribution in [-0.2, 0) is 84.8 Å². The van der Waals surface area contributed by atoms with E-state index in [0.29, 0.717) is 11.1 Å². The number of hydrogen-bond donors (Lipinski definition) is 21. The van der Waals surface area contributed by atoms with E-state index in [-0.39, 0.29) is 82.1 Å². The SMILES string of the molecule is CC(C)C[C@H](NC(=O)[C@H](Cc1ccccc1)NC(=O)[C@H](CCCN=C(N)N)NC(=O)[C@@H](N)Cc1ccc(O)cc1)C(=O)N[C@@H](C)C(=O)N[C@@H](CCCCN)C(=O)N[C@@H](CCC(=O)O)C(=O)N[C@@H](CC(N)=O)C(=O)N[C@H](C(=O)N[C@@H](CCC(N)=O)C(=O)N[C@@H](CC(=O)O)C(=O)O)[C@@H](C)O. The molecule has 0 heterocycles. The van der Waals surface area contributed by atoms with Crippen molar-refractivity contribution in [3.05, 3.63) is 65.7 Å². The molecular formula is C61H93N17O20. The molecule has 12 amide bonds. The average Bonchev–Trinajstić information content (AvgIpc) is 0.862. The van der Waals surface area contributed by atoms with Crippen LogP contribution in [0, 0.1) is 5.92 Å². The van der Waals surface area contributed by atoms with Crippen LogP contribution < -0.4 is 87.6 Å². The van der Waals surface area contributed by atoms with Gasteiger partial charge in [-0.3, -0.25) is 72.1 Å². The van der Waals surface area contributed by atoms with Gasteiger partial charge in [0.1, 0.15) is 66.2 Å². The topological polar surface area (TPSA) is 646 Å². The first kappa shape index (κ1) is 83.5. The number of amides is 12. The summed E-state index contributed by atoms with van der Waals surface area (Å²) < 4.78 is 0. The van der Waals surface area contributed by atoms with Crippen LogP contribution in [0.2, 0.25) is 0 Å². The Labute approximate surface area is 563 Å². The normalized spacial score (nSPS) is 14.7. The monoisotopic (exact) mass is 1380 g/mol. The summed E-state index contributed by atoms with van der Waals surface area (Å²) in [6, 6.07) is -3.78. The minimum Gasteiger partial charge on any atom is -0.508 e. The zero-order valence-electron chi connectivity index (χ0n) is 54.8. The molecule has 37 heteroatoms. The number of aliphatic hydroxyl groups excluding tert-OH is 1. The van der Waals surface area contributed by atoms with Crippen molar-refractivity contribution in [1.82, 2.24) is 53.2 Å². The van der Waals surface area contributed by atoms with E-state index < -0.39 is 200 Å². The number of phenolic OH excluding ortho intramolecular Hbond substituents is 1. The van der Waals surface area contributed by atoms with Crippen molar-refractivity contribution >= 4 is 94.8 Å². The first-order valence-corrected chi connectivity index (χ1v) is 31.3. The van der Waals surface area contributed by atoms with E-state index in [2.05, 4.69) is 52.8 Å². The van der Waals surface area contributed by atoms with Crippen LogP contribution >= 0.6 is 0 Å². The molecule has 0 spiro atoms. The summed E-state index contributed by atoms with van der Waals surface area (Å²) in [6.07, 6.45) is -6.51. The van der Waals surface area contributed by atoms with E-state index in [1.165, 1.54) is 19.1 Å². The summed E-state index contributed by atoms with van der Waals surface area (Å²) in [5.74, 6) is -18.6. The quantitative estimate of drug-likeness (QED) is 0.0166. The number of aliphatic carboxylic acids is 3. The van der Waals surface area contributed by atoms with Gasteiger partial charge in [-0.15, -0.1) is 0 Å². The molecule has 12 atom stereocenters. The van der Waals surface area contributed by atoms with Crippen molar-refractivity contribution in [2.45, 2.75) is 190 Å². The number of aliphatic imine (C=N–C) groups is 1. The molecule has 2 aromatic carbocycles. The summed E-state index contributed by atoms with van der Waals surface area (Å²) in [4.78, 5) is 202. The van der Waals surface area contributed by atoms with Gasteiger partial charge in [0.25, 0.3) is 0 Å². The van der Waals surface area contributed by atoms with E-state index in [4.69, 9.17) is 39.5 Å². The van der Waals surface area contributed by atoms with Gasteiger partial charge in [-0.2, -0.15) is 0 Å². The van der Waals surface area contributed by atoms with E-state index in [1.54, 1.807) is 56.3 Å². The molecule has 542 valence electrons. The summed E-state index contributed by atoms with van der Waals surface area (Å²) in [7, 11) is 0. The number of benzene rings is 2. The Morgan fingerprint density at radius 2 is 0.908 bits per heavy atom. The molecule has 0 saturated heterocycles. The van der Waals surface area contributed by atoms with Crippen molar-refractivity contribution in [1.29, 1.82) is 0 Å². The van der Waals surface area contributed by atoms with E-state index in [0.717, 1.165) is 6.92 Å². The van der Waals surface area contributed by atoms with Gasteiger partial charge >= 0.3 is 17.9 Å². The Morgan fingerprint density at radius 1 is 0.449 bits per heavy atom. The van der Waals surface area contributed by atoms with Gasteiger partial charge in [0.2, 0.25) is 70.9 Å². The summed E-state index contributed by atoms with van der Waals surface area (Å²) in [6.45, 7) is 5.86. The van der Waals surface area contributed by atoms with Gasteiger partial charge in [-0.25, -0.2) is 4.79 Å². The van der Waals surface area contributed by atoms with Crippen molar-refractivity contribution in [3.8, 4) is 5.75 Å². The van der Waals surface area contributed by atoms with Crippen LogP contribution in [0.25, 0.3) is 0 Å². The van der Waals surface area contributed by atoms with Crippen molar-refractivity contribution in [2.24, 2.45) is 45.3 Å². The number of carbonyl (C=O) groups is 15. The fourth-order valence-corrected chi connectivity index (χ4v) is 9.39. The third-order valence-corrected chi connectivity index (χ3v) is 14.6. The third kappa shape index (κ3) is 32.3. The molecule has 0 radical (unpaired) electrons. The molecule has 2 rings (SSSR count). The number of nitrogens with two attached hydrogens (primary N) is 6. The minimum atomic E-state index is -2.09. The molecule has 0 saturated carbocycles. The highest BCUT2D eigenvalue weighted by Gasteiger charge is 2.38. The number of unbranched alkanes of at least 4 members (excludes halogenated alkanes) is 1. The molecule has 0 aromatic heterocycles. The fraction of sp³-hybridized carbons (Fsp3) is 0.541. The second kappa shape index (κ2) is 42.8. The van der Waals surface area contributed by atoms with Gasteiger partial charge in [-0.05, 0) is 107 Å². The van der Waals surface area contributed by atoms with E-state index in [9.17, 15) is 92.3 Å². The molecule has 37 nitrogen and oxygen atoms in total. The number of carbonyl (C=O) groups excluding carboxylic acids is 12. The molecule has 98 heavy (non-hydrogen) atoms. The number of primary amides is 2. The Morgan fingerprint density at radius 3 is 1.42 bits per heavy atom. The summed E-state index contributed by atoms with van der Waals surface area (Å²) in [5, 5.41) is 72.1. The van der Waals surface area contributed by atoms with E-state index >= 15 is 0 Å². The third-order valence-electron chi connectivity index (χ3n) is 14.6. The zero-order chi connectivity index (χ0) is 73.9. The zero-order valence-corrected chi connectivity index (χ0v) is 54.8. The summed E-state index contributed by atoms with van der Waals surface area (Å²) >= 11 is 0. The number of nitrogens with one attached hydrogen (secondary N) is 10. The predicted octanol–water partition coefficient (Wildman–Crippen LogP) is -6.45. The maximum absolute atomic E-state index is 14.5. The number of aromatic hydroxyl groups is 1. The molecule has 0 aliphatic heterocycles. The molecule has 0 bridgehead atoms. The van der Waals surface area contributed by atoms with Crippen molar-refractivity contribution in [3.63, 3.8) is 0 Å². The highest BCUT2D eigenvalue weighted by atomic mass is 16.4. The van der Waals surface area contributed by atoms with Gasteiger partial charge in [0, 0.05) is 25.8 Å². The Bertz CT molecular complexity index is 3120. The summed E-state index contributed by atoms with van der Waals surface area (Å²) in [5.41, 5.74) is 34.8. The molecular weight excluding hydrogens is 1290 g/mol. The number of aliphatic hydroxyl groups is 1. The van der Waals surface area contributed by atoms with Crippen LogP contribution in [0.4, 0.5) is 0 Å². The number of guanidine groups is 1. The number of nitrogens with zero attached hydrogens (tertiary/aromatic N) is 1. The molecule has 0 aliphatic carbocycles. The van der Waals surface area contributed by atoms with Gasteiger partial charge < -0.3 is 113 Å². The molecule has 0 unspecified atom stereocenters. The maximum Gasteiger partial charge on any atom is 0.326 e. The van der Waals surface area contributed by atoms with Gasteiger partial charge in [0.15, 0.2) is 5.96 Å².